The van der Waals surface area contributed by atoms with Gasteiger partial charge in [0.05, 0.1) is 15.8 Å². The Balaban J connectivity index is 1.75. The Morgan fingerprint density at radius 2 is 2.30 bits per heavy atom. The van der Waals surface area contributed by atoms with Gasteiger partial charge < -0.3 is 5.32 Å². The van der Waals surface area contributed by atoms with Crippen molar-refractivity contribution >= 4 is 50.3 Å². The van der Waals surface area contributed by atoms with Crippen LogP contribution in [0.3, 0.4) is 0 Å². The fourth-order valence-corrected chi connectivity index (χ4v) is 4.10. The van der Waals surface area contributed by atoms with E-state index >= 15 is 0 Å². The van der Waals surface area contributed by atoms with Gasteiger partial charge in [-0.25, -0.2) is 4.98 Å². The summed E-state index contributed by atoms with van der Waals surface area (Å²) in [5.41, 5.74) is 2.86. The summed E-state index contributed by atoms with van der Waals surface area (Å²) in [5, 5.41) is 14.1. The van der Waals surface area contributed by atoms with Gasteiger partial charge in [-0.15, -0.1) is 22.7 Å². The second kappa shape index (κ2) is 5.83. The summed E-state index contributed by atoms with van der Waals surface area (Å²) in [4.78, 5) is 5.69. The molecule has 1 aromatic carbocycles. The van der Waals surface area contributed by atoms with Crippen LogP contribution in [0.5, 0.6) is 0 Å². The van der Waals surface area contributed by atoms with Crippen LogP contribution in [0.4, 0.5) is 5.69 Å². The van der Waals surface area contributed by atoms with Crippen molar-refractivity contribution < 1.29 is 0 Å². The molecule has 2 heterocycles. The molecule has 0 bridgehead atoms. The van der Waals surface area contributed by atoms with Crippen molar-refractivity contribution in [2.45, 2.75) is 10.9 Å². The standard InChI is InChI=1S/C14H11N3S3/c1-18-14-17-12-3-2-10(5-13(12)20-14)16-7-11-4-9(6-15)8-19-11/h2-5,8,16H,7H2,1H3. The minimum atomic E-state index is 0.731. The zero-order chi connectivity index (χ0) is 13.9. The fraction of sp³-hybridized carbons (Fsp3) is 0.143. The van der Waals surface area contributed by atoms with E-state index in [0.29, 0.717) is 0 Å². The molecule has 1 N–H and O–H groups in total. The van der Waals surface area contributed by atoms with Crippen LogP contribution in [0.1, 0.15) is 10.4 Å². The number of aromatic nitrogens is 1. The number of thiazole rings is 1. The van der Waals surface area contributed by atoms with Gasteiger partial charge in [0.15, 0.2) is 4.34 Å². The smallest absolute Gasteiger partial charge is 0.150 e. The molecule has 20 heavy (non-hydrogen) atoms. The largest absolute Gasteiger partial charge is 0.380 e. The van der Waals surface area contributed by atoms with Gasteiger partial charge in [0.25, 0.3) is 0 Å². The number of hydrogen-bond donors (Lipinski definition) is 1. The zero-order valence-corrected chi connectivity index (χ0v) is 13.2. The quantitative estimate of drug-likeness (QED) is 0.716. The van der Waals surface area contributed by atoms with E-state index in [4.69, 9.17) is 5.26 Å². The van der Waals surface area contributed by atoms with E-state index in [0.717, 1.165) is 32.5 Å². The number of benzene rings is 1. The van der Waals surface area contributed by atoms with Gasteiger partial charge in [-0.1, -0.05) is 11.8 Å². The Labute approximate surface area is 129 Å². The molecule has 0 aliphatic rings. The number of anilines is 1. The van der Waals surface area contributed by atoms with Crippen molar-refractivity contribution in [1.29, 1.82) is 5.26 Å². The van der Waals surface area contributed by atoms with E-state index in [9.17, 15) is 0 Å². The van der Waals surface area contributed by atoms with Crippen molar-refractivity contribution in [2.75, 3.05) is 11.6 Å². The summed E-state index contributed by atoms with van der Waals surface area (Å²) >= 11 is 4.99. The average Bonchev–Trinajstić information content (AvgIpc) is 3.10. The van der Waals surface area contributed by atoms with Gasteiger partial charge >= 0.3 is 0 Å². The lowest BCUT2D eigenvalue weighted by Crippen LogP contribution is -1.96. The molecule has 0 fully saturated rings. The van der Waals surface area contributed by atoms with E-state index in [-0.39, 0.29) is 0 Å². The molecule has 0 atom stereocenters. The van der Waals surface area contributed by atoms with E-state index in [2.05, 4.69) is 22.4 Å². The van der Waals surface area contributed by atoms with Crippen molar-refractivity contribution in [3.05, 3.63) is 40.1 Å². The summed E-state index contributed by atoms with van der Waals surface area (Å²) in [5.74, 6) is 0. The highest BCUT2D eigenvalue weighted by atomic mass is 32.2. The molecule has 0 aliphatic heterocycles. The van der Waals surface area contributed by atoms with Crippen molar-refractivity contribution in [3.8, 4) is 6.07 Å². The van der Waals surface area contributed by atoms with E-state index < -0.39 is 0 Å². The highest BCUT2D eigenvalue weighted by Crippen LogP contribution is 2.30. The number of hydrogen-bond acceptors (Lipinski definition) is 6. The van der Waals surface area contributed by atoms with Crippen molar-refractivity contribution in [1.82, 2.24) is 4.98 Å². The molecule has 6 heteroatoms. The Kier molecular flexibility index (Phi) is 3.92. The van der Waals surface area contributed by atoms with Gasteiger partial charge in [-0.2, -0.15) is 5.26 Å². The Morgan fingerprint density at radius 1 is 1.40 bits per heavy atom. The first-order valence-corrected chi connectivity index (χ1v) is 8.86. The summed E-state index contributed by atoms with van der Waals surface area (Å²) < 4.78 is 2.29. The molecule has 100 valence electrons. The molecule has 3 nitrogen and oxygen atoms in total. The fourth-order valence-electron chi connectivity index (χ4n) is 1.82. The molecule has 0 spiro atoms. The van der Waals surface area contributed by atoms with Crippen LogP contribution in [0.2, 0.25) is 0 Å². The second-order valence-corrected chi connectivity index (χ2v) is 7.21. The number of thiophene rings is 1. The number of nitrogens with one attached hydrogen (secondary N) is 1. The van der Waals surface area contributed by atoms with Gasteiger partial charge in [-0.3, -0.25) is 0 Å². The minimum absolute atomic E-state index is 0.731. The predicted octanol–water partition coefficient (Wildman–Crippen LogP) is 4.56. The third-order valence-corrected chi connectivity index (χ3v) is 5.73. The van der Waals surface area contributed by atoms with Crippen LogP contribution in [0, 0.1) is 11.3 Å². The summed E-state index contributed by atoms with van der Waals surface area (Å²) in [6.07, 6.45) is 2.04. The predicted molar refractivity (Wildman–Crippen MR) is 87.8 cm³/mol. The first kappa shape index (κ1) is 13.4. The molecule has 0 saturated carbocycles. The summed E-state index contributed by atoms with van der Waals surface area (Å²) in [6.45, 7) is 0.742. The molecule has 0 saturated heterocycles. The Bertz CT molecular complexity index is 782. The summed E-state index contributed by atoms with van der Waals surface area (Å²) in [6, 6.07) is 10.3. The van der Waals surface area contributed by atoms with E-state index in [1.165, 1.54) is 4.70 Å². The lowest BCUT2D eigenvalue weighted by atomic mass is 10.3. The van der Waals surface area contributed by atoms with Gasteiger partial charge in [0.1, 0.15) is 6.07 Å². The first-order valence-electron chi connectivity index (χ1n) is 5.94. The van der Waals surface area contributed by atoms with Gasteiger partial charge in [-0.05, 0) is 30.5 Å². The molecule has 3 rings (SSSR count). The maximum Gasteiger partial charge on any atom is 0.150 e. The van der Waals surface area contributed by atoms with E-state index in [1.54, 1.807) is 34.4 Å². The van der Waals surface area contributed by atoms with Crippen LogP contribution in [-0.2, 0) is 6.54 Å². The molecular weight excluding hydrogens is 306 g/mol. The SMILES string of the molecule is CSc1nc2ccc(NCc3cc(C#N)cs3)cc2s1. The van der Waals surface area contributed by atoms with E-state index in [1.807, 2.05) is 29.8 Å². The van der Waals surface area contributed by atoms with Crippen LogP contribution < -0.4 is 5.32 Å². The van der Waals surface area contributed by atoms with Crippen LogP contribution in [-0.4, -0.2) is 11.2 Å². The monoisotopic (exact) mass is 317 g/mol. The molecular formula is C14H11N3S3. The number of rotatable bonds is 4. The topological polar surface area (TPSA) is 48.7 Å². The third-order valence-electron chi connectivity index (χ3n) is 2.79. The maximum atomic E-state index is 8.81. The minimum Gasteiger partial charge on any atom is -0.380 e. The summed E-state index contributed by atoms with van der Waals surface area (Å²) in [7, 11) is 0. The highest BCUT2D eigenvalue weighted by molar-refractivity contribution is 8.00. The lowest BCUT2D eigenvalue weighted by molar-refractivity contribution is 1.19. The Morgan fingerprint density at radius 3 is 3.05 bits per heavy atom. The molecule has 0 aliphatic carbocycles. The number of fused-ring (bicyclic) bond motifs is 1. The molecule has 0 amide bonds. The second-order valence-electron chi connectivity index (χ2n) is 4.13. The normalized spacial score (nSPS) is 10.6. The lowest BCUT2D eigenvalue weighted by Gasteiger charge is -2.04. The molecule has 0 unspecified atom stereocenters. The van der Waals surface area contributed by atoms with Crippen LogP contribution >= 0.6 is 34.4 Å². The number of thioether (sulfide) groups is 1. The maximum absolute atomic E-state index is 8.81. The van der Waals surface area contributed by atoms with Crippen molar-refractivity contribution in [3.63, 3.8) is 0 Å². The number of nitrogens with zero attached hydrogens (tertiary/aromatic N) is 2. The average molecular weight is 317 g/mol. The third kappa shape index (κ3) is 2.80. The number of nitriles is 1. The zero-order valence-electron chi connectivity index (χ0n) is 10.7. The molecule has 0 radical (unpaired) electrons. The molecule has 2 aromatic heterocycles. The Hall–Kier alpha value is -1.55. The van der Waals surface area contributed by atoms with Gasteiger partial charge in [0.2, 0.25) is 0 Å². The van der Waals surface area contributed by atoms with Crippen LogP contribution in [0.15, 0.2) is 34.0 Å². The highest BCUT2D eigenvalue weighted by Gasteiger charge is 2.04. The van der Waals surface area contributed by atoms with Crippen molar-refractivity contribution in [2.24, 2.45) is 0 Å². The van der Waals surface area contributed by atoms with Gasteiger partial charge in [0, 0.05) is 22.5 Å². The molecule has 3 aromatic rings. The van der Waals surface area contributed by atoms with Crippen LogP contribution in [0.25, 0.3) is 10.2 Å². The first-order chi connectivity index (χ1) is 9.78.